The fourth-order valence-corrected chi connectivity index (χ4v) is 2.71. The maximum atomic E-state index is 12.1. The van der Waals surface area contributed by atoms with Gasteiger partial charge in [0.05, 0.1) is 17.8 Å². The molecule has 0 atom stereocenters. The Balaban J connectivity index is 2.14. The molecule has 28 heavy (non-hydrogen) atoms. The maximum absolute atomic E-state index is 12.1. The third-order valence-corrected chi connectivity index (χ3v) is 3.98. The van der Waals surface area contributed by atoms with Crippen LogP contribution in [0.4, 0.5) is 0 Å². The van der Waals surface area contributed by atoms with Gasteiger partial charge in [-0.2, -0.15) is 5.10 Å². The zero-order valence-corrected chi connectivity index (χ0v) is 17.1. The van der Waals surface area contributed by atoms with Crippen LogP contribution in [0.15, 0.2) is 41.7 Å². The second-order valence-electron chi connectivity index (χ2n) is 7.87. The minimum absolute atomic E-state index is 0.00715. The summed E-state index contributed by atoms with van der Waals surface area (Å²) in [5.74, 6) is -0.360. The number of nitrogens with two attached hydrogens (primary N) is 1. The summed E-state index contributed by atoms with van der Waals surface area (Å²) < 4.78 is 7.27. The lowest BCUT2D eigenvalue weighted by molar-refractivity contribution is 0.00695. The van der Waals surface area contributed by atoms with Gasteiger partial charge >= 0.3 is 5.97 Å². The molecule has 0 saturated carbocycles. The first kappa shape index (κ1) is 21.3. The van der Waals surface area contributed by atoms with Gasteiger partial charge in [-0.25, -0.2) is 4.79 Å². The van der Waals surface area contributed by atoms with Crippen LogP contribution in [-0.2, 0) is 17.8 Å². The molecule has 1 heterocycles. The Labute approximate surface area is 165 Å². The van der Waals surface area contributed by atoms with E-state index >= 15 is 0 Å². The van der Waals surface area contributed by atoms with Gasteiger partial charge in [0.1, 0.15) is 5.60 Å². The SMILES string of the molecule is CC(C)n1nccc1CN(Cc1ccc(C(=O)OC(C)(C)C)cc1)/C(N)=N/O. The van der Waals surface area contributed by atoms with Gasteiger partial charge in [-0.3, -0.25) is 4.68 Å². The lowest BCUT2D eigenvalue weighted by Crippen LogP contribution is -2.37. The van der Waals surface area contributed by atoms with Crippen LogP contribution in [0.1, 0.15) is 62.3 Å². The highest BCUT2D eigenvalue weighted by molar-refractivity contribution is 5.89. The summed E-state index contributed by atoms with van der Waals surface area (Å²) in [6.07, 6.45) is 1.73. The average Bonchev–Trinajstić information content (AvgIpc) is 3.08. The van der Waals surface area contributed by atoms with E-state index in [-0.39, 0.29) is 18.0 Å². The summed E-state index contributed by atoms with van der Waals surface area (Å²) in [7, 11) is 0. The van der Waals surface area contributed by atoms with Crippen molar-refractivity contribution in [3.05, 3.63) is 53.3 Å². The highest BCUT2D eigenvalue weighted by Gasteiger charge is 2.18. The van der Waals surface area contributed by atoms with Crippen molar-refractivity contribution in [2.24, 2.45) is 10.9 Å². The normalized spacial score (nSPS) is 12.3. The Bertz CT molecular complexity index is 819. The Morgan fingerprint density at radius 1 is 1.25 bits per heavy atom. The van der Waals surface area contributed by atoms with Crippen molar-refractivity contribution in [2.45, 2.75) is 59.4 Å². The molecule has 0 fully saturated rings. The average molecular weight is 387 g/mol. The van der Waals surface area contributed by atoms with E-state index in [0.29, 0.717) is 18.7 Å². The molecular formula is C20H29N5O3. The zero-order chi connectivity index (χ0) is 20.9. The Morgan fingerprint density at radius 3 is 2.43 bits per heavy atom. The molecule has 0 amide bonds. The van der Waals surface area contributed by atoms with Gasteiger partial charge in [0.25, 0.3) is 0 Å². The van der Waals surface area contributed by atoms with Crippen molar-refractivity contribution in [3.63, 3.8) is 0 Å². The van der Waals surface area contributed by atoms with Gasteiger partial charge < -0.3 is 20.6 Å². The number of ether oxygens (including phenoxy) is 1. The van der Waals surface area contributed by atoms with E-state index in [1.54, 1.807) is 23.2 Å². The number of hydrogen-bond donors (Lipinski definition) is 2. The summed E-state index contributed by atoms with van der Waals surface area (Å²) in [4.78, 5) is 13.9. The molecule has 8 nitrogen and oxygen atoms in total. The molecule has 0 aliphatic heterocycles. The minimum Gasteiger partial charge on any atom is -0.456 e. The molecule has 8 heteroatoms. The minimum atomic E-state index is -0.544. The van der Waals surface area contributed by atoms with Crippen LogP contribution in [0.3, 0.4) is 0 Å². The predicted octanol–water partition coefficient (Wildman–Crippen LogP) is 3.13. The molecule has 1 aromatic carbocycles. The van der Waals surface area contributed by atoms with Gasteiger partial charge in [-0.15, -0.1) is 0 Å². The van der Waals surface area contributed by atoms with Crippen LogP contribution in [0.2, 0.25) is 0 Å². The summed E-state index contributed by atoms with van der Waals surface area (Å²) in [5, 5.41) is 16.6. The Morgan fingerprint density at radius 2 is 1.89 bits per heavy atom. The molecule has 0 radical (unpaired) electrons. The molecule has 0 bridgehead atoms. The molecule has 0 unspecified atom stereocenters. The summed E-state index contributed by atoms with van der Waals surface area (Å²) in [6, 6.07) is 9.20. The second kappa shape index (κ2) is 8.77. The van der Waals surface area contributed by atoms with E-state index in [0.717, 1.165) is 11.3 Å². The summed E-state index contributed by atoms with van der Waals surface area (Å²) in [6.45, 7) is 10.4. The van der Waals surface area contributed by atoms with Crippen molar-refractivity contribution >= 4 is 11.9 Å². The van der Waals surface area contributed by atoms with Crippen LogP contribution >= 0.6 is 0 Å². The van der Waals surface area contributed by atoms with Gasteiger partial charge in [0.15, 0.2) is 0 Å². The van der Waals surface area contributed by atoms with Crippen LogP contribution < -0.4 is 5.73 Å². The van der Waals surface area contributed by atoms with Crippen molar-refractivity contribution in [2.75, 3.05) is 0 Å². The molecule has 0 aliphatic rings. The number of carbonyl (C=O) groups is 1. The number of hydrogen-bond acceptors (Lipinski definition) is 5. The van der Waals surface area contributed by atoms with Crippen molar-refractivity contribution in [1.82, 2.24) is 14.7 Å². The lowest BCUT2D eigenvalue weighted by Gasteiger charge is -2.24. The smallest absolute Gasteiger partial charge is 0.338 e. The van der Waals surface area contributed by atoms with Crippen LogP contribution in [0, 0.1) is 0 Å². The first-order chi connectivity index (χ1) is 13.1. The lowest BCUT2D eigenvalue weighted by atomic mass is 10.1. The molecule has 2 aromatic rings. The summed E-state index contributed by atoms with van der Waals surface area (Å²) in [5.41, 5.74) is 7.67. The number of aromatic nitrogens is 2. The number of benzene rings is 1. The zero-order valence-electron chi connectivity index (χ0n) is 17.1. The Kier molecular flexibility index (Phi) is 6.66. The molecule has 1 aromatic heterocycles. The molecule has 152 valence electrons. The van der Waals surface area contributed by atoms with E-state index in [9.17, 15) is 4.79 Å². The number of rotatable bonds is 6. The number of nitrogens with zero attached hydrogens (tertiary/aromatic N) is 4. The fourth-order valence-electron chi connectivity index (χ4n) is 2.71. The van der Waals surface area contributed by atoms with Crippen LogP contribution in [-0.4, -0.2) is 37.4 Å². The van der Waals surface area contributed by atoms with Crippen LogP contribution in [0.5, 0.6) is 0 Å². The van der Waals surface area contributed by atoms with Crippen molar-refractivity contribution in [3.8, 4) is 0 Å². The van der Waals surface area contributed by atoms with Gasteiger partial charge in [0.2, 0.25) is 5.96 Å². The monoisotopic (exact) mass is 387 g/mol. The van der Waals surface area contributed by atoms with Crippen molar-refractivity contribution < 1.29 is 14.7 Å². The van der Waals surface area contributed by atoms with E-state index in [4.69, 9.17) is 15.7 Å². The molecule has 2 rings (SSSR count). The Hall–Kier alpha value is -3.03. The topological polar surface area (TPSA) is 106 Å². The summed E-state index contributed by atoms with van der Waals surface area (Å²) >= 11 is 0. The van der Waals surface area contributed by atoms with Crippen LogP contribution in [0.25, 0.3) is 0 Å². The molecule has 3 N–H and O–H groups in total. The first-order valence-corrected chi connectivity index (χ1v) is 9.18. The highest BCUT2D eigenvalue weighted by atomic mass is 16.6. The third-order valence-electron chi connectivity index (χ3n) is 3.98. The molecular weight excluding hydrogens is 358 g/mol. The van der Waals surface area contributed by atoms with Crippen molar-refractivity contribution in [1.29, 1.82) is 0 Å². The van der Waals surface area contributed by atoms with E-state index in [1.807, 2.05) is 57.5 Å². The number of carbonyl (C=O) groups excluding carboxylic acids is 1. The number of esters is 1. The fraction of sp³-hybridized carbons (Fsp3) is 0.450. The van der Waals surface area contributed by atoms with Gasteiger partial charge in [0, 0.05) is 18.8 Å². The van der Waals surface area contributed by atoms with E-state index < -0.39 is 5.60 Å². The van der Waals surface area contributed by atoms with E-state index in [1.165, 1.54) is 0 Å². The standard InChI is InChI=1S/C20H29N5O3/c1-14(2)25-17(10-11-22-25)13-24(19(21)23-27)12-15-6-8-16(9-7-15)18(26)28-20(3,4)5/h6-11,14,27H,12-13H2,1-5H3,(H2,21,23). The maximum Gasteiger partial charge on any atom is 0.338 e. The first-order valence-electron chi connectivity index (χ1n) is 9.18. The molecule has 0 spiro atoms. The predicted molar refractivity (Wildman–Crippen MR) is 107 cm³/mol. The highest BCUT2D eigenvalue weighted by Crippen LogP contribution is 2.16. The molecule has 0 saturated heterocycles. The van der Waals surface area contributed by atoms with E-state index in [2.05, 4.69) is 10.3 Å². The van der Waals surface area contributed by atoms with Gasteiger partial charge in [-0.1, -0.05) is 17.3 Å². The second-order valence-corrected chi connectivity index (χ2v) is 7.87. The number of oxime groups is 1. The molecule has 0 aliphatic carbocycles. The quantitative estimate of drug-likeness (QED) is 0.259. The van der Waals surface area contributed by atoms with Gasteiger partial charge in [-0.05, 0) is 58.4 Å². The number of guanidine groups is 1. The third kappa shape index (κ3) is 5.73. The largest absolute Gasteiger partial charge is 0.456 e.